The van der Waals surface area contributed by atoms with E-state index in [9.17, 15) is 4.79 Å². The number of aromatic nitrogens is 3. The van der Waals surface area contributed by atoms with Gasteiger partial charge >= 0.3 is 0 Å². The average molecular weight is 468 g/mol. The average Bonchev–Trinajstić information content (AvgIpc) is 3.49. The Bertz CT molecular complexity index is 1060. The zero-order chi connectivity index (χ0) is 23.2. The number of methoxy groups -OCH3 is 2. The molecule has 1 atom stereocenters. The number of hydrogen-bond donors (Lipinski definition) is 1. The van der Waals surface area contributed by atoms with Crippen LogP contribution in [0.25, 0.3) is 5.69 Å². The molecule has 2 aromatic carbocycles. The highest BCUT2D eigenvalue weighted by atomic mass is 32.2. The molecule has 1 unspecified atom stereocenters. The Labute approximate surface area is 198 Å². The van der Waals surface area contributed by atoms with Gasteiger partial charge in [-0.15, -0.1) is 10.2 Å². The normalized spacial score (nSPS) is 14.8. The van der Waals surface area contributed by atoms with Crippen LogP contribution in [0.3, 0.4) is 0 Å². The maximum Gasteiger partial charge on any atom is 0.237 e. The summed E-state index contributed by atoms with van der Waals surface area (Å²) in [7, 11) is 3.16. The zero-order valence-corrected chi connectivity index (χ0v) is 20.0. The molecule has 174 valence electrons. The molecule has 4 rings (SSSR count). The maximum absolute atomic E-state index is 13.0. The fourth-order valence-electron chi connectivity index (χ4n) is 3.79. The van der Waals surface area contributed by atoms with Crippen molar-refractivity contribution in [3.63, 3.8) is 0 Å². The first-order chi connectivity index (χ1) is 16.1. The second-order valence-electron chi connectivity index (χ2n) is 7.90. The molecular formula is C24H29N5O3S. The third kappa shape index (κ3) is 5.66. The van der Waals surface area contributed by atoms with Crippen molar-refractivity contribution in [2.45, 2.75) is 36.7 Å². The summed E-state index contributed by atoms with van der Waals surface area (Å²) in [4.78, 5) is 15.4. The molecule has 1 aromatic heterocycles. The van der Waals surface area contributed by atoms with Gasteiger partial charge in [-0.3, -0.25) is 14.3 Å². The third-order valence-electron chi connectivity index (χ3n) is 5.55. The first-order valence-corrected chi connectivity index (χ1v) is 11.9. The van der Waals surface area contributed by atoms with Crippen molar-refractivity contribution in [2.75, 3.05) is 32.6 Å². The monoisotopic (exact) mass is 467 g/mol. The summed E-state index contributed by atoms with van der Waals surface area (Å²) in [5.74, 6) is 1.97. The van der Waals surface area contributed by atoms with Gasteiger partial charge in [0.15, 0.2) is 11.0 Å². The number of rotatable bonds is 9. The molecule has 0 spiro atoms. The van der Waals surface area contributed by atoms with E-state index in [0.29, 0.717) is 22.3 Å². The lowest BCUT2D eigenvalue weighted by atomic mass is 10.2. The van der Waals surface area contributed by atoms with Gasteiger partial charge in [0, 0.05) is 29.6 Å². The first-order valence-electron chi connectivity index (χ1n) is 11.0. The molecule has 9 heteroatoms. The van der Waals surface area contributed by atoms with Crippen LogP contribution in [-0.2, 0) is 11.3 Å². The van der Waals surface area contributed by atoms with Gasteiger partial charge in [-0.1, -0.05) is 30.0 Å². The summed E-state index contributed by atoms with van der Waals surface area (Å²) in [6.07, 6.45) is 2.43. The van der Waals surface area contributed by atoms with Crippen molar-refractivity contribution in [1.82, 2.24) is 19.7 Å². The van der Waals surface area contributed by atoms with Crippen molar-refractivity contribution >= 4 is 23.4 Å². The third-order valence-corrected chi connectivity index (χ3v) is 6.59. The summed E-state index contributed by atoms with van der Waals surface area (Å²) in [6, 6.07) is 15.3. The van der Waals surface area contributed by atoms with Crippen molar-refractivity contribution in [1.29, 1.82) is 0 Å². The number of anilines is 1. The first kappa shape index (κ1) is 23.1. The lowest BCUT2D eigenvalue weighted by molar-refractivity contribution is -0.115. The Hall–Kier alpha value is -3.04. The predicted octanol–water partition coefficient (Wildman–Crippen LogP) is 4.00. The largest absolute Gasteiger partial charge is 0.497 e. The molecule has 1 aliphatic heterocycles. The van der Waals surface area contributed by atoms with E-state index in [1.54, 1.807) is 32.4 Å². The lowest BCUT2D eigenvalue weighted by Gasteiger charge is -2.17. The predicted molar refractivity (Wildman–Crippen MR) is 129 cm³/mol. The number of carbonyl (C=O) groups is 1. The molecule has 1 amide bonds. The molecular weight excluding hydrogens is 438 g/mol. The SMILES string of the molecule is COc1cc(NC(=O)C(C)Sc2nnc(CN3CCCC3)n2-c2ccccc2)cc(OC)c1. The van der Waals surface area contributed by atoms with Crippen LogP contribution in [0.4, 0.5) is 5.69 Å². The Kier molecular flexibility index (Phi) is 7.51. The maximum atomic E-state index is 13.0. The van der Waals surface area contributed by atoms with Gasteiger partial charge in [0.25, 0.3) is 0 Å². The highest BCUT2D eigenvalue weighted by Crippen LogP contribution is 2.29. The molecule has 8 nitrogen and oxygen atoms in total. The summed E-state index contributed by atoms with van der Waals surface area (Å²) >= 11 is 1.39. The molecule has 3 aromatic rings. The fraction of sp³-hybridized carbons (Fsp3) is 0.375. The van der Waals surface area contributed by atoms with E-state index in [-0.39, 0.29) is 5.91 Å². The number of nitrogens with one attached hydrogen (secondary N) is 1. The topological polar surface area (TPSA) is 81.5 Å². The highest BCUT2D eigenvalue weighted by Gasteiger charge is 2.23. The van der Waals surface area contributed by atoms with Gasteiger partial charge in [0.05, 0.1) is 26.0 Å². The van der Waals surface area contributed by atoms with Crippen LogP contribution in [-0.4, -0.2) is 58.1 Å². The number of likely N-dealkylation sites (tertiary alicyclic amines) is 1. The van der Waals surface area contributed by atoms with Crippen LogP contribution < -0.4 is 14.8 Å². The van der Waals surface area contributed by atoms with E-state index in [1.165, 1.54) is 24.6 Å². The van der Waals surface area contributed by atoms with Crippen molar-refractivity contribution in [2.24, 2.45) is 0 Å². The van der Waals surface area contributed by atoms with Crippen LogP contribution in [0.2, 0.25) is 0 Å². The summed E-state index contributed by atoms with van der Waals surface area (Å²) in [5.41, 5.74) is 1.60. The smallest absolute Gasteiger partial charge is 0.237 e. The number of ether oxygens (including phenoxy) is 2. The number of carbonyl (C=O) groups excluding carboxylic acids is 1. The minimum atomic E-state index is -0.395. The Morgan fingerprint density at radius 2 is 1.73 bits per heavy atom. The molecule has 1 N–H and O–H groups in total. The highest BCUT2D eigenvalue weighted by molar-refractivity contribution is 8.00. The van der Waals surface area contributed by atoms with Crippen molar-refractivity contribution < 1.29 is 14.3 Å². The van der Waals surface area contributed by atoms with E-state index in [1.807, 2.05) is 37.3 Å². The minimum Gasteiger partial charge on any atom is -0.497 e. The van der Waals surface area contributed by atoms with Gasteiger partial charge in [-0.2, -0.15) is 0 Å². The number of thioether (sulfide) groups is 1. The summed E-state index contributed by atoms with van der Waals surface area (Å²) < 4.78 is 12.6. The standard InChI is InChI=1S/C24H29N5O3S/c1-17(23(30)25-18-13-20(31-2)15-21(14-18)32-3)33-24-27-26-22(16-28-11-7-8-12-28)29(24)19-9-5-4-6-10-19/h4-6,9-10,13-15,17H,7-8,11-12,16H2,1-3H3,(H,25,30). The summed E-state index contributed by atoms with van der Waals surface area (Å²) in [5, 5.41) is 12.2. The van der Waals surface area contributed by atoms with Crippen molar-refractivity contribution in [3.8, 4) is 17.2 Å². The van der Waals surface area contributed by atoms with E-state index in [4.69, 9.17) is 9.47 Å². The quantitative estimate of drug-likeness (QED) is 0.476. The van der Waals surface area contributed by atoms with Gasteiger partial charge in [-0.25, -0.2) is 0 Å². The molecule has 0 saturated carbocycles. The van der Waals surface area contributed by atoms with Gasteiger partial charge < -0.3 is 14.8 Å². The van der Waals surface area contributed by atoms with Crippen LogP contribution in [0, 0.1) is 0 Å². The fourth-order valence-corrected chi connectivity index (χ4v) is 4.68. The zero-order valence-electron chi connectivity index (χ0n) is 19.2. The number of benzene rings is 2. The summed E-state index contributed by atoms with van der Waals surface area (Å²) in [6.45, 7) is 4.76. The number of hydrogen-bond acceptors (Lipinski definition) is 7. The van der Waals surface area contributed by atoms with Crippen LogP contribution in [0.1, 0.15) is 25.6 Å². The van der Waals surface area contributed by atoms with Crippen LogP contribution in [0.5, 0.6) is 11.5 Å². The molecule has 2 heterocycles. The molecule has 1 fully saturated rings. The van der Waals surface area contributed by atoms with E-state index in [2.05, 4.69) is 25.0 Å². The second kappa shape index (κ2) is 10.7. The molecule has 33 heavy (non-hydrogen) atoms. The lowest BCUT2D eigenvalue weighted by Crippen LogP contribution is -2.23. The molecule has 0 radical (unpaired) electrons. The van der Waals surface area contributed by atoms with E-state index < -0.39 is 5.25 Å². The number of nitrogens with zero attached hydrogens (tertiary/aromatic N) is 4. The van der Waals surface area contributed by atoms with Gasteiger partial charge in [-0.05, 0) is 45.0 Å². The Morgan fingerprint density at radius 1 is 1.06 bits per heavy atom. The van der Waals surface area contributed by atoms with Crippen LogP contribution >= 0.6 is 11.8 Å². The molecule has 0 bridgehead atoms. The molecule has 1 saturated heterocycles. The van der Waals surface area contributed by atoms with E-state index in [0.717, 1.165) is 31.1 Å². The number of para-hydroxylation sites is 1. The Balaban J connectivity index is 1.53. The van der Waals surface area contributed by atoms with Gasteiger partial charge in [0.1, 0.15) is 11.5 Å². The van der Waals surface area contributed by atoms with Gasteiger partial charge in [0.2, 0.25) is 5.91 Å². The van der Waals surface area contributed by atoms with E-state index >= 15 is 0 Å². The van der Waals surface area contributed by atoms with Crippen molar-refractivity contribution in [3.05, 3.63) is 54.4 Å². The second-order valence-corrected chi connectivity index (χ2v) is 9.21. The van der Waals surface area contributed by atoms with Crippen LogP contribution in [0.15, 0.2) is 53.7 Å². The number of amides is 1. The Morgan fingerprint density at radius 3 is 2.36 bits per heavy atom. The molecule has 1 aliphatic rings. The molecule has 0 aliphatic carbocycles. The minimum absolute atomic E-state index is 0.140.